The number of aryl methyl sites for hydroxylation is 2. The van der Waals surface area contributed by atoms with Crippen molar-refractivity contribution in [2.45, 2.75) is 72.1 Å². The Hall–Kier alpha value is -6.52. The summed E-state index contributed by atoms with van der Waals surface area (Å²) >= 11 is 0. The molecule has 0 saturated carbocycles. The van der Waals surface area contributed by atoms with Crippen molar-refractivity contribution in [1.82, 2.24) is 10.2 Å². The third-order valence-corrected chi connectivity index (χ3v) is 11.8. The van der Waals surface area contributed by atoms with Gasteiger partial charge in [-0.3, -0.25) is 9.98 Å². The van der Waals surface area contributed by atoms with Crippen molar-refractivity contribution < 1.29 is 0 Å². The second kappa shape index (κ2) is 16.0. The molecule has 0 aliphatic carbocycles. The number of fused-ring (bicyclic) bond motifs is 4. The Morgan fingerprint density at radius 3 is 1.80 bits per heavy atom. The Kier molecular flexibility index (Phi) is 10.3. The van der Waals surface area contributed by atoms with Gasteiger partial charge in [0.05, 0.1) is 17.1 Å². The fourth-order valence-corrected chi connectivity index (χ4v) is 8.52. The molecule has 59 heavy (non-hydrogen) atoms. The van der Waals surface area contributed by atoms with E-state index in [9.17, 15) is 0 Å². The van der Waals surface area contributed by atoms with Crippen LogP contribution in [0.25, 0.3) is 55.2 Å². The average molecular weight is 767 g/mol. The highest BCUT2D eigenvalue weighted by molar-refractivity contribution is 6.19. The van der Waals surface area contributed by atoms with Crippen LogP contribution in [-0.2, 0) is 18.3 Å². The number of hydrogen-bond donors (Lipinski definition) is 0. The molecule has 0 atom stereocenters. The van der Waals surface area contributed by atoms with Crippen molar-refractivity contribution in [3.8, 4) is 33.4 Å². The lowest BCUT2D eigenvalue weighted by Crippen LogP contribution is -2.15. The van der Waals surface area contributed by atoms with Gasteiger partial charge in [-0.05, 0) is 95.7 Å². The molecule has 1 aromatic heterocycles. The van der Waals surface area contributed by atoms with Crippen LogP contribution in [-0.4, -0.2) is 21.6 Å². The van der Waals surface area contributed by atoms with Crippen LogP contribution < -0.4 is 0 Å². The predicted octanol–water partition coefficient (Wildman–Crippen LogP) is 14.6. The fourth-order valence-electron chi connectivity index (χ4n) is 8.52. The molecule has 290 valence electrons. The molecule has 8 aromatic rings. The average Bonchev–Trinajstić information content (AvgIpc) is 3.27. The first kappa shape index (κ1) is 38.0. The number of para-hydroxylation sites is 2. The maximum absolute atomic E-state index is 5.57. The molecule has 0 amide bonds. The van der Waals surface area contributed by atoms with E-state index in [0.717, 1.165) is 116 Å². The minimum Gasteiger partial charge on any atom is -0.252 e. The van der Waals surface area contributed by atoms with E-state index in [2.05, 4.69) is 186 Å². The molecule has 0 N–H and O–H groups in total. The van der Waals surface area contributed by atoms with E-state index in [0.29, 0.717) is 0 Å². The van der Waals surface area contributed by atoms with Crippen molar-refractivity contribution in [3.63, 3.8) is 0 Å². The third-order valence-electron chi connectivity index (χ3n) is 11.8. The van der Waals surface area contributed by atoms with E-state index in [1.165, 1.54) is 22.3 Å². The topological polar surface area (TPSA) is 50.5 Å². The summed E-state index contributed by atoms with van der Waals surface area (Å²) in [7, 11) is 0. The molecule has 7 aromatic carbocycles. The van der Waals surface area contributed by atoms with Crippen LogP contribution >= 0.6 is 0 Å². The van der Waals surface area contributed by atoms with E-state index >= 15 is 0 Å². The van der Waals surface area contributed by atoms with Gasteiger partial charge < -0.3 is 0 Å². The smallest absolute Gasteiger partial charge is 0.103 e. The SMILES string of the molecule is CCCCc1cc(/C(C)=N/c2c(-c3ccccc3)cccc2-c2ccccc2)c2nnc3c(C4=Nc5c(cccc5-c5ccccc5)CC4)cc(C(C)(C)C)cc3c2c1. The number of hydrogen-bond acceptors (Lipinski definition) is 4. The van der Waals surface area contributed by atoms with Crippen molar-refractivity contribution in [2.75, 3.05) is 0 Å². The molecule has 0 fully saturated rings. The van der Waals surface area contributed by atoms with E-state index in [4.69, 9.17) is 20.2 Å². The number of benzene rings is 7. The molecule has 0 radical (unpaired) electrons. The molecule has 4 heteroatoms. The van der Waals surface area contributed by atoms with Crippen molar-refractivity contribution in [3.05, 3.63) is 179 Å². The van der Waals surface area contributed by atoms with Crippen molar-refractivity contribution in [2.24, 2.45) is 9.98 Å². The minimum atomic E-state index is -0.101. The van der Waals surface area contributed by atoms with Crippen LogP contribution in [0, 0.1) is 0 Å². The first-order valence-corrected chi connectivity index (χ1v) is 21.1. The Morgan fingerprint density at radius 2 is 1.17 bits per heavy atom. The van der Waals surface area contributed by atoms with Gasteiger partial charge in [0.2, 0.25) is 0 Å². The first-order chi connectivity index (χ1) is 28.8. The second-order valence-corrected chi connectivity index (χ2v) is 16.9. The predicted molar refractivity (Wildman–Crippen MR) is 250 cm³/mol. The molecule has 0 spiro atoms. The quantitative estimate of drug-likeness (QED) is 0.108. The third kappa shape index (κ3) is 7.52. The second-order valence-electron chi connectivity index (χ2n) is 16.9. The van der Waals surface area contributed by atoms with Crippen LogP contribution in [0.4, 0.5) is 11.4 Å². The Morgan fingerprint density at radius 1 is 0.593 bits per heavy atom. The zero-order valence-electron chi connectivity index (χ0n) is 34.8. The van der Waals surface area contributed by atoms with Gasteiger partial charge >= 0.3 is 0 Å². The lowest BCUT2D eigenvalue weighted by molar-refractivity contribution is 0.591. The standard InChI is InChI=1S/C55H50N4/c1-6-7-19-37-32-46(36(2)56-52-44(39-22-13-9-14-23-39)28-18-29-45(52)40-24-15-10-16-25-40)53-47(33-37)48-34-42(55(3,4)5)35-49(54(48)59-58-53)50-31-30-41-26-17-27-43(51(41)57-50)38-20-11-8-12-21-38/h8-18,20-29,32-35H,6-7,19,30-31H2,1-5H3/b56-36+. The van der Waals surface area contributed by atoms with E-state index < -0.39 is 0 Å². The van der Waals surface area contributed by atoms with Crippen molar-refractivity contribution >= 4 is 44.6 Å². The highest BCUT2D eigenvalue weighted by atomic mass is 15.1. The van der Waals surface area contributed by atoms with Gasteiger partial charge in [0.1, 0.15) is 11.0 Å². The maximum atomic E-state index is 5.57. The summed E-state index contributed by atoms with van der Waals surface area (Å²) in [6.45, 7) is 11.3. The summed E-state index contributed by atoms with van der Waals surface area (Å²) in [5.74, 6) is 0. The Bertz CT molecular complexity index is 2830. The minimum absolute atomic E-state index is 0.101. The molecule has 1 aliphatic heterocycles. The van der Waals surface area contributed by atoms with Gasteiger partial charge in [0.15, 0.2) is 0 Å². The van der Waals surface area contributed by atoms with Gasteiger partial charge in [-0.15, -0.1) is 10.2 Å². The molecule has 0 saturated heterocycles. The Balaban J connectivity index is 1.28. The summed E-state index contributed by atoms with van der Waals surface area (Å²) in [5, 5.41) is 12.5. The zero-order chi connectivity index (χ0) is 40.5. The first-order valence-electron chi connectivity index (χ1n) is 21.1. The summed E-state index contributed by atoms with van der Waals surface area (Å²) < 4.78 is 0. The fraction of sp³-hybridized carbons (Fsp3) is 0.200. The van der Waals surface area contributed by atoms with Gasteiger partial charge in [0, 0.05) is 44.3 Å². The molecule has 4 nitrogen and oxygen atoms in total. The number of aromatic nitrogens is 2. The lowest BCUT2D eigenvalue weighted by Gasteiger charge is -2.24. The van der Waals surface area contributed by atoms with Crippen molar-refractivity contribution in [1.29, 1.82) is 0 Å². The maximum Gasteiger partial charge on any atom is 0.103 e. The zero-order valence-corrected chi connectivity index (χ0v) is 34.8. The summed E-state index contributed by atoms with van der Waals surface area (Å²) in [4.78, 5) is 11.1. The van der Waals surface area contributed by atoms with Gasteiger partial charge in [0.25, 0.3) is 0 Å². The normalized spacial score (nSPS) is 13.1. The molecular formula is C55H50N4. The van der Waals surface area contributed by atoms with Gasteiger partial charge in [-0.2, -0.15) is 0 Å². The van der Waals surface area contributed by atoms with Gasteiger partial charge in [-0.1, -0.05) is 162 Å². The molecule has 0 unspecified atom stereocenters. The lowest BCUT2D eigenvalue weighted by atomic mass is 9.83. The van der Waals surface area contributed by atoms with E-state index in [-0.39, 0.29) is 5.41 Å². The van der Waals surface area contributed by atoms with Crippen LogP contribution in [0.5, 0.6) is 0 Å². The van der Waals surface area contributed by atoms with Gasteiger partial charge in [-0.25, -0.2) is 0 Å². The number of nitrogens with zero attached hydrogens (tertiary/aromatic N) is 4. The summed E-state index contributed by atoms with van der Waals surface area (Å²) in [6, 6.07) is 54.2. The molecule has 2 heterocycles. The number of unbranched alkanes of at least 4 members (excludes halogenated alkanes) is 1. The summed E-state index contributed by atoms with van der Waals surface area (Å²) in [5.41, 5.74) is 18.4. The molecule has 1 aliphatic rings. The summed E-state index contributed by atoms with van der Waals surface area (Å²) in [6.07, 6.45) is 4.96. The molecular weight excluding hydrogens is 717 g/mol. The number of aliphatic imine (C=N–C) groups is 2. The van der Waals surface area contributed by atoms with Crippen LogP contribution in [0.15, 0.2) is 162 Å². The van der Waals surface area contributed by atoms with Crippen LogP contribution in [0.3, 0.4) is 0 Å². The Labute approximate surface area is 348 Å². The largest absolute Gasteiger partial charge is 0.252 e. The van der Waals surface area contributed by atoms with E-state index in [1.54, 1.807) is 0 Å². The number of rotatable bonds is 9. The molecule has 9 rings (SSSR count). The monoisotopic (exact) mass is 766 g/mol. The van der Waals surface area contributed by atoms with Crippen LogP contribution in [0.2, 0.25) is 0 Å². The van der Waals surface area contributed by atoms with E-state index in [1.807, 2.05) is 0 Å². The van der Waals surface area contributed by atoms with Crippen LogP contribution in [0.1, 0.15) is 81.7 Å². The highest BCUT2D eigenvalue weighted by Gasteiger charge is 2.25. The molecule has 0 bridgehead atoms. The highest BCUT2D eigenvalue weighted by Crippen LogP contribution is 2.42.